The van der Waals surface area contributed by atoms with Gasteiger partial charge in [-0.2, -0.15) is 0 Å². The monoisotopic (exact) mass is 214 g/mol. The van der Waals surface area contributed by atoms with Crippen LogP contribution in [0.3, 0.4) is 0 Å². The van der Waals surface area contributed by atoms with Crippen molar-refractivity contribution in [3.63, 3.8) is 0 Å². The first kappa shape index (κ1) is 9.91. The van der Waals surface area contributed by atoms with Crippen molar-refractivity contribution in [1.29, 1.82) is 0 Å². The van der Waals surface area contributed by atoms with Gasteiger partial charge >= 0.3 is 0 Å². The molecule has 1 atom stereocenters. The highest BCUT2D eigenvalue weighted by Crippen LogP contribution is 2.30. The molecule has 1 unspecified atom stereocenters. The zero-order valence-electron chi connectivity index (χ0n) is 10.1. The van der Waals surface area contributed by atoms with Crippen molar-refractivity contribution in [3.8, 4) is 0 Å². The van der Waals surface area contributed by atoms with Crippen LogP contribution in [0.1, 0.15) is 35.3 Å². The average Bonchev–Trinajstić information content (AvgIpc) is 2.54. The normalized spacial score (nSPS) is 20.1. The van der Waals surface area contributed by atoms with Crippen LogP contribution in [0.25, 0.3) is 10.9 Å². The van der Waals surface area contributed by atoms with Gasteiger partial charge in [0.1, 0.15) is 0 Å². The molecular formula is C14H18N2. The number of hydrogen-bond acceptors (Lipinski definition) is 1. The predicted octanol–water partition coefficient (Wildman–Crippen LogP) is 2.99. The van der Waals surface area contributed by atoms with E-state index in [1.165, 1.54) is 33.3 Å². The predicted molar refractivity (Wildman–Crippen MR) is 67.9 cm³/mol. The van der Waals surface area contributed by atoms with Gasteiger partial charge < -0.3 is 10.3 Å². The highest BCUT2D eigenvalue weighted by Gasteiger charge is 2.17. The van der Waals surface area contributed by atoms with Gasteiger partial charge in [0.25, 0.3) is 0 Å². The molecule has 0 saturated heterocycles. The third-order valence-corrected chi connectivity index (χ3v) is 3.88. The van der Waals surface area contributed by atoms with Crippen LogP contribution in [0.15, 0.2) is 12.1 Å². The lowest BCUT2D eigenvalue weighted by molar-refractivity contribution is 0.542. The molecule has 0 spiro atoms. The third kappa shape index (κ3) is 1.30. The van der Waals surface area contributed by atoms with Gasteiger partial charge in [-0.3, -0.25) is 0 Å². The van der Waals surface area contributed by atoms with E-state index in [9.17, 15) is 0 Å². The van der Waals surface area contributed by atoms with Crippen LogP contribution in [0.4, 0.5) is 0 Å². The molecule has 0 radical (unpaired) electrons. The Balaban J connectivity index is 2.30. The summed E-state index contributed by atoms with van der Waals surface area (Å²) in [6.07, 6.45) is 1.15. The van der Waals surface area contributed by atoms with Gasteiger partial charge in [-0.25, -0.2) is 0 Å². The standard InChI is InChI=1S/C14H18N2/c1-8-9(2)16-14-7-13-10(3)15-5-4-11(13)6-12(8)14/h6-7,10,15-16H,4-5H2,1-3H3. The zero-order valence-corrected chi connectivity index (χ0v) is 10.1. The Kier molecular flexibility index (Phi) is 2.08. The number of hydrogen-bond donors (Lipinski definition) is 2. The van der Waals surface area contributed by atoms with Crippen molar-refractivity contribution in [3.05, 3.63) is 34.5 Å². The summed E-state index contributed by atoms with van der Waals surface area (Å²) in [5, 5.41) is 4.90. The average molecular weight is 214 g/mol. The lowest BCUT2D eigenvalue weighted by Gasteiger charge is -2.24. The second-order valence-corrected chi connectivity index (χ2v) is 4.90. The summed E-state index contributed by atoms with van der Waals surface area (Å²) in [7, 11) is 0. The smallest absolute Gasteiger partial charge is 0.0462 e. The molecule has 1 aliphatic rings. The summed E-state index contributed by atoms with van der Waals surface area (Å²) >= 11 is 0. The lowest BCUT2D eigenvalue weighted by Crippen LogP contribution is -2.27. The minimum Gasteiger partial charge on any atom is -0.358 e. The highest BCUT2D eigenvalue weighted by molar-refractivity contribution is 5.86. The molecule has 2 nitrogen and oxygen atoms in total. The Morgan fingerprint density at radius 2 is 2.06 bits per heavy atom. The Morgan fingerprint density at radius 3 is 2.88 bits per heavy atom. The minimum absolute atomic E-state index is 0.483. The number of nitrogens with one attached hydrogen (secondary N) is 2. The first-order valence-corrected chi connectivity index (χ1v) is 6.02. The van der Waals surface area contributed by atoms with Crippen molar-refractivity contribution in [2.45, 2.75) is 33.2 Å². The lowest BCUT2D eigenvalue weighted by atomic mass is 9.93. The SMILES string of the molecule is Cc1[nH]c2cc3c(cc2c1C)CCNC3C. The molecule has 2 aromatic rings. The van der Waals surface area contributed by atoms with Gasteiger partial charge in [0, 0.05) is 22.6 Å². The number of aromatic amines is 1. The van der Waals surface area contributed by atoms with Gasteiger partial charge in [-0.05, 0) is 62.6 Å². The maximum absolute atomic E-state index is 3.51. The summed E-state index contributed by atoms with van der Waals surface area (Å²) in [5.41, 5.74) is 6.94. The summed E-state index contributed by atoms with van der Waals surface area (Å²) in [4.78, 5) is 3.47. The highest BCUT2D eigenvalue weighted by atomic mass is 14.9. The number of aryl methyl sites for hydroxylation is 2. The van der Waals surface area contributed by atoms with Crippen molar-refractivity contribution >= 4 is 10.9 Å². The maximum Gasteiger partial charge on any atom is 0.0462 e. The van der Waals surface area contributed by atoms with Crippen molar-refractivity contribution in [2.75, 3.05) is 6.54 Å². The second-order valence-electron chi connectivity index (χ2n) is 4.90. The Hall–Kier alpha value is -1.28. The van der Waals surface area contributed by atoms with E-state index in [1.54, 1.807) is 0 Å². The quantitative estimate of drug-likeness (QED) is 0.693. The molecule has 1 aromatic carbocycles. The zero-order chi connectivity index (χ0) is 11.3. The Labute approximate surface area is 96.1 Å². The first-order chi connectivity index (χ1) is 7.66. The fourth-order valence-corrected chi connectivity index (χ4v) is 2.73. The molecular weight excluding hydrogens is 196 g/mol. The summed E-state index contributed by atoms with van der Waals surface area (Å²) in [6.45, 7) is 7.69. The maximum atomic E-state index is 3.51. The third-order valence-electron chi connectivity index (χ3n) is 3.88. The fraction of sp³-hybridized carbons (Fsp3) is 0.429. The topological polar surface area (TPSA) is 27.8 Å². The molecule has 84 valence electrons. The van der Waals surface area contributed by atoms with Gasteiger partial charge in [-0.15, -0.1) is 0 Å². The van der Waals surface area contributed by atoms with Gasteiger partial charge in [0.2, 0.25) is 0 Å². The number of rotatable bonds is 0. The number of aromatic nitrogens is 1. The molecule has 3 rings (SSSR count). The van der Waals surface area contributed by atoms with E-state index in [4.69, 9.17) is 0 Å². The van der Waals surface area contributed by atoms with E-state index in [0.717, 1.165) is 13.0 Å². The summed E-state index contributed by atoms with van der Waals surface area (Å²) in [6, 6.07) is 5.18. The van der Waals surface area contributed by atoms with Crippen LogP contribution in [0, 0.1) is 13.8 Å². The number of fused-ring (bicyclic) bond motifs is 2. The van der Waals surface area contributed by atoms with E-state index in [1.807, 2.05) is 0 Å². The Bertz CT molecular complexity index is 551. The van der Waals surface area contributed by atoms with Crippen LogP contribution >= 0.6 is 0 Å². The van der Waals surface area contributed by atoms with Gasteiger partial charge in [-0.1, -0.05) is 0 Å². The molecule has 2 N–H and O–H groups in total. The largest absolute Gasteiger partial charge is 0.358 e. The molecule has 0 fully saturated rings. The molecule has 2 heteroatoms. The molecule has 1 aromatic heterocycles. The van der Waals surface area contributed by atoms with E-state index < -0.39 is 0 Å². The van der Waals surface area contributed by atoms with Crippen LogP contribution < -0.4 is 5.32 Å². The first-order valence-electron chi connectivity index (χ1n) is 6.02. The molecule has 16 heavy (non-hydrogen) atoms. The van der Waals surface area contributed by atoms with E-state index >= 15 is 0 Å². The molecule has 1 aliphatic heterocycles. The van der Waals surface area contributed by atoms with Crippen LogP contribution in [-0.2, 0) is 6.42 Å². The van der Waals surface area contributed by atoms with E-state index in [2.05, 4.69) is 43.2 Å². The van der Waals surface area contributed by atoms with Crippen LogP contribution in [-0.4, -0.2) is 11.5 Å². The van der Waals surface area contributed by atoms with Crippen molar-refractivity contribution in [2.24, 2.45) is 0 Å². The van der Waals surface area contributed by atoms with Crippen LogP contribution in [0.5, 0.6) is 0 Å². The molecule has 0 aliphatic carbocycles. The fourth-order valence-electron chi connectivity index (χ4n) is 2.73. The van der Waals surface area contributed by atoms with E-state index in [0.29, 0.717) is 6.04 Å². The molecule has 0 saturated carbocycles. The van der Waals surface area contributed by atoms with Gasteiger partial charge in [0.15, 0.2) is 0 Å². The van der Waals surface area contributed by atoms with Crippen LogP contribution in [0.2, 0.25) is 0 Å². The second kappa shape index (κ2) is 3.36. The number of H-pyrrole nitrogens is 1. The number of benzene rings is 1. The molecule has 0 bridgehead atoms. The van der Waals surface area contributed by atoms with Crippen molar-refractivity contribution in [1.82, 2.24) is 10.3 Å². The summed E-state index contributed by atoms with van der Waals surface area (Å²) < 4.78 is 0. The van der Waals surface area contributed by atoms with Crippen molar-refractivity contribution < 1.29 is 0 Å². The molecule has 2 heterocycles. The minimum atomic E-state index is 0.483. The Morgan fingerprint density at radius 1 is 1.25 bits per heavy atom. The van der Waals surface area contributed by atoms with E-state index in [-0.39, 0.29) is 0 Å². The molecule has 0 amide bonds. The van der Waals surface area contributed by atoms with Gasteiger partial charge in [0.05, 0.1) is 0 Å². The summed E-state index contributed by atoms with van der Waals surface area (Å²) in [5.74, 6) is 0.